The molecule has 0 radical (unpaired) electrons. The van der Waals surface area contributed by atoms with Crippen molar-refractivity contribution in [3.05, 3.63) is 0 Å². The molecule has 0 aromatic rings. The summed E-state index contributed by atoms with van der Waals surface area (Å²) in [4.78, 5) is 46.6. The molecule has 168 valence electrons. The van der Waals surface area contributed by atoms with Gasteiger partial charge in [0, 0.05) is 0 Å². The Morgan fingerprint density at radius 2 is 0.897 bits per heavy atom. The van der Waals surface area contributed by atoms with E-state index in [0.717, 1.165) is 25.7 Å². The Balaban J connectivity index is 0.00000184. The third-order valence-corrected chi connectivity index (χ3v) is 5.63. The number of aliphatic carboxylic acids is 2. The molecular weight excluding hydrogens is 399 g/mol. The largest absolute Gasteiger partial charge is 0.481 e. The van der Waals surface area contributed by atoms with Crippen molar-refractivity contribution >= 4 is 32.9 Å². The van der Waals surface area contributed by atoms with Gasteiger partial charge in [0.05, 0.1) is 23.7 Å². The van der Waals surface area contributed by atoms with Crippen LogP contribution in [0.4, 0.5) is 0 Å². The van der Waals surface area contributed by atoms with Gasteiger partial charge >= 0.3 is 23.9 Å². The summed E-state index contributed by atoms with van der Waals surface area (Å²) in [6.45, 7) is 8.00. The van der Waals surface area contributed by atoms with Crippen LogP contribution in [-0.4, -0.2) is 34.1 Å². The normalized spacial score (nSPS) is 26.2. The van der Waals surface area contributed by atoms with E-state index in [-0.39, 0.29) is 0 Å². The molecule has 2 rings (SSSR count). The molecule has 0 aromatic heterocycles. The summed E-state index contributed by atoms with van der Waals surface area (Å²) in [5.41, 5.74) is 0. The van der Waals surface area contributed by atoms with E-state index < -0.39 is 56.6 Å². The average molecular weight is 434 g/mol. The van der Waals surface area contributed by atoms with Crippen LogP contribution in [-0.2, 0) is 28.2 Å². The summed E-state index contributed by atoms with van der Waals surface area (Å²) in [7, 11) is -0.877. The fourth-order valence-corrected chi connectivity index (χ4v) is 4.18. The molecule has 0 bridgehead atoms. The van der Waals surface area contributed by atoms with Gasteiger partial charge < -0.3 is 19.3 Å². The van der Waals surface area contributed by atoms with Crippen LogP contribution in [0, 0.1) is 23.7 Å². The topological polar surface area (TPSA) is 127 Å². The molecule has 9 heteroatoms. The molecule has 2 N–H and O–H groups in total. The standard InChI is InChI=1S/C16H23O8P.2C2H6/c17-13(18)9-5-1-3-7-11(9)15(21)23-25-24-16(22)12-8-4-2-6-10(12)14(19)20;2*1-2/h9-12,25H,1-8H2,(H,17,18)(H,19,20);2*1-2H3. The van der Waals surface area contributed by atoms with Crippen LogP contribution in [0.2, 0.25) is 0 Å². The van der Waals surface area contributed by atoms with Gasteiger partial charge in [-0.3, -0.25) is 19.2 Å². The Labute approximate surface area is 174 Å². The molecule has 2 aliphatic carbocycles. The van der Waals surface area contributed by atoms with Crippen LogP contribution in [0.25, 0.3) is 0 Å². The fourth-order valence-electron chi connectivity index (χ4n) is 3.67. The lowest BCUT2D eigenvalue weighted by molar-refractivity contribution is -0.156. The molecule has 0 amide bonds. The third-order valence-electron chi connectivity index (χ3n) is 5.06. The van der Waals surface area contributed by atoms with E-state index in [1.807, 2.05) is 27.7 Å². The van der Waals surface area contributed by atoms with Gasteiger partial charge in [0.25, 0.3) is 9.03 Å². The highest BCUT2D eigenvalue weighted by molar-refractivity contribution is 7.27. The first-order valence-electron chi connectivity index (χ1n) is 10.5. The lowest BCUT2D eigenvalue weighted by Crippen LogP contribution is -2.34. The molecule has 0 spiro atoms. The summed E-state index contributed by atoms with van der Waals surface area (Å²) in [6, 6.07) is 0. The number of carboxylic acids is 2. The first kappa shape index (κ1) is 27.3. The minimum absolute atomic E-state index is 0.431. The maximum atomic E-state index is 12.1. The molecule has 2 saturated carbocycles. The fraction of sp³-hybridized carbons (Fsp3) is 0.800. The lowest BCUT2D eigenvalue weighted by Gasteiger charge is -2.27. The molecule has 8 nitrogen and oxygen atoms in total. The Bertz CT molecular complexity index is 491. The summed E-state index contributed by atoms with van der Waals surface area (Å²) >= 11 is 0. The van der Waals surface area contributed by atoms with Crippen molar-refractivity contribution in [3.8, 4) is 0 Å². The van der Waals surface area contributed by atoms with Crippen LogP contribution < -0.4 is 0 Å². The first-order chi connectivity index (χ1) is 13.9. The number of hydrogen-bond donors (Lipinski definition) is 2. The van der Waals surface area contributed by atoms with Crippen molar-refractivity contribution in [1.29, 1.82) is 0 Å². The van der Waals surface area contributed by atoms with Gasteiger partial charge in [-0.25, -0.2) is 0 Å². The van der Waals surface area contributed by atoms with Crippen molar-refractivity contribution in [1.82, 2.24) is 0 Å². The maximum Gasteiger partial charge on any atom is 0.314 e. The highest BCUT2D eigenvalue weighted by Gasteiger charge is 2.39. The van der Waals surface area contributed by atoms with Gasteiger partial charge in [-0.1, -0.05) is 53.4 Å². The third kappa shape index (κ3) is 8.69. The maximum absolute atomic E-state index is 12.1. The molecule has 0 aliphatic heterocycles. The number of carbonyl (C=O) groups is 4. The Morgan fingerprint density at radius 1 is 0.621 bits per heavy atom. The second-order valence-electron chi connectivity index (χ2n) is 6.60. The van der Waals surface area contributed by atoms with Crippen LogP contribution >= 0.6 is 9.03 Å². The van der Waals surface area contributed by atoms with E-state index >= 15 is 0 Å². The Morgan fingerprint density at radius 3 is 1.17 bits per heavy atom. The van der Waals surface area contributed by atoms with Gasteiger partial charge in [0.1, 0.15) is 0 Å². The van der Waals surface area contributed by atoms with E-state index in [2.05, 4.69) is 0 Å². The molecule has 29 heavy (non-hydrogen) atoms. The van der Waals surface area contributed by atoms with E-state index in [4.69, 9.17) is 9.05 Å². The molecule has 0 saturated heterocycles. The van der Waals surface area contributed by atoms with Gasteiger partial charge in [0.15, 0.2) is 0 Å². The quantitative estimate of drug-likeness (QED) is 0.588. The highest BCUT2D eigenvalue weighted by atomic mass is 31.1. The zero-order valence-corrected chi connectivity index (χ0v) is 18.8. The minimum Gasteiger partial charge on any atom is -0.481 e. The van der Waals surface area contributed by atoms with Crippen LogP contribution in [0.1, 0.15) is 79.1 Å². The summed E-state index contributed by atoms with van der Waals surface area (Å²) in [6.07, 6.45) is 4.78. The Kier molecular flexibility index (Phi) is 14.3. The van der Waals surface area contributed by atoms with Crippen LogP contribution in [0.3, 0.4) is 0 Å². The van der Waals surface area contributed by atoms with Crippen molar-refractivity contribution < 1.29 is 38.4 Å². The predicted octanol–water partition coefficient (Wildman–Crippen LogP) is 4.42. The SMILES string of the molecule is CC.CC.O=C(O)C1CCCCC1C(=O)OPOC(=O)C1CCCCC1C(=O)O. The van der Waals surface area contributed by atoms with E-state index in [1.165, 1.54) is 0 Å². The van der Waals surface area contributed by atoms with Gasteiger partial charge in [-0.15, -0.1) is 0 Å². The second kappa shape index (κ2) is 15.2. The predicted molar refractivity (Wildman–Crippen MR) is 109 cm³/mol. The van der Waals surface area contributed by atoms with Gasteiger partial charge in [-0.05, 0) is 25.7 Å². The highest BCUT2D eigenvalue weighted by Crippen LogP contribution is 2.35. The van der Waals surface area contributed by atoms with E-state index in [9.17, 15) is 29.4 Å². The molecular formula is C20H35O8P. The zero-order valence-electron chi connectivity index (χ0n) is 17.8. The van der Waals surface area contributed by atoms with Crippen LogP contribution in [0.5, 0.6) is 0 Å². The summed E-state index contributed by atoms with van der Waals surface area (Å²) in [5.74, 6) is -6.36. The second-order valence-corrected chi connectivity index (χ2v) is 7.17. The van der Waals surface area contributed by atoms with Crippen molar-refractivity contribution in [2.45, 2.75) is 79.1 Å². The van der Waals surface area contributed by atoms with Crippen molar-refractivity contribution in [2.75, 3.05) is 0 Å². The monoisotopic (exact) mass is 434 g/mol. The van der Waals surface area contributed by atoms with E-state index in [0.29, 0.717) is 25.7 Å². The zero-order chi connectivity index (χ0) is 22.4. The summed E-state index contributed by atoms with van der Waals surface area (Å²) < 4.78 is 9.91. The molecule has 0 aromatic carbocycles. The van der Waals surface area contributed by atoms with E-state index in [1.54, 1.807) is 0 Å². The van der Waals surface area contributed by atoms with Gasteiger partial charge in [0.2, 0.25) is 0 Å². The molecule has 4 unspecified atom stereocenters. The molecule has 2 aliphatic rings. The van der Waals surface area contributed by atoms with Gasteiger partial charge in [-0.2, -0.15) is 0 Å². The molecule has 2 fully saturated rings. The Hall–Kier alpha value is -1.69. The number of carbonyl (C=O) groups excluding carboxylic acids is 2. The first-order valence-corrected chi connectivity index (χ1v) is 11.4. The number of carboxylic acid groups (broad SMARTS) is 2. The number of rotatable bonds is 6. The van der Waals surface area contributed by atoms with Crippen molar-refractivity contribution in [2.24, 2.45) is 23.7 Å². The minimum atomic E-state index is -1.02. The molecule has 4 atom stereocenters. The summed E-state index contributed by atoms with van der Waals surface area (Å²) in [5, 5.41) is 18.4. The van der Waals surface area contributed by atoms with Crippen molar-refractivity contribution in [3.63, 3.8) is 0 Å². The number of hydrogen-bond acceptors (Lipinski definition) is 6. The smallest absolute Gasteiger partial charge is 0.314 e. The molecule has 0 heterocycles. The van der Waals surface area contributed by atoms with Crippen LogP contribution in [0.15, 0.2) is 0 Å². The average Bonchev–Trinajstić information content (AvgIpc) is 2.76. The lowest BCUT2D eigenvalue weighted by atomic mass is 9.79.